The second kappa shape index (κ2) is 7.72. The molecule has 3 aliphatic heterocycles. The third kappa shape index (κ3) is 3.29. The Hall–Kier alpha value is -2.72. The topological polar surface area (TPSA) is 113 Å². The number of benzene rings is 1. The van der Waals surface area contributed by atoms with Gasteiger partial charge in [0.25, 0.3) is 0 Å². The Bertz CT molecular complexity index is 850. The largest absolute Gasteiger partial charge is 0.380 e. The number of hydrogen-bond acceptors (Lipinski definition) is 7. The van der Waals surface area contributed by atoms with Crippen molar-refractivity contribution in [1.82, 2.24) is 15.8 Å². The molecular formula is C19H21FN6O2. The van der Waals surface area contributed by atoms with Crippen LogP contribution in [0.25, 0.3) is 0 Å². The van der Waals surface area contributed by atoms with Gasteiger partial charge in [0.2, 0.25) is 5.91 Å². The molecule has 4 rings (SSSR count). The van der Waals surface area contributed by atoms with E-state index in [4.69, 9.17) is 10.00 Å². The standard InChI is InChI=1S/C19H21FN6O2/c20-14-7-13(2-1-11(14)8-21)24-18-17-15(3-5-23-19(17)27)26(25-18)16-10-28-6-4-12(16)9-22/h1-2,7,12,15-18,24-25H,3-6,10H2,(H,23,27)/t12-,15?,16+,17?,18?/m1/s1. The van der Waals surface area contributed by atoms with Gasteiger partial charge in [0.05, 0.1) is 36.1 Å². The van der Waals surface area contributed by atoms with Crippen LogP contribution in [0.5, 0.6) is 0 Å². The lowest BCUT2D eigenvalue weighted by Gasteiger charge is -2.39. The first-order valence-corrected chi connectivity index (χ1v) is 9.38. The average molecular weight is 384 g/mol. The van der Waals surface area contributed by atoms with Gasteiger partial charge in [-0.3, -0.25) is 4.79 Å². The summed E-state index contributed by atoms with van der Waals surface area (Å²) in [5.41, 5.74) is 3.78. The van der Waals surface area contributed by atoms with Crippen LogP contribution in [0.2, 0.25) is 0 Å². The third-order valence-electron chi connectivity index (χ3n) is 5.72. The van der Waals surface area contributed by atoms with E-state index in [0.29, 0.717) is 31.9 Å². The molecule has 3 aliphatic rings. The third-order valence-corrected chi connectivity index (χ3v) is 5.72. The van der Waals surface area contributed by atoms with Gasteiger partial charge in [0, 0.05) is 24.9 Å². The summed E-state index contributed by atoms with van der Waals surface area (Å²) in [5, 5.41) is 26.5. The number of halogens is 1. The maximum absolute atomic E-state index is 14.0. The number of carbonyl (C=O) groups is 1. The Labute approximate surface area is 162 Å². The van der Waals surface area contributed by atoms with E-state index in [0.717, 1.165) is 6.42 Å². The Morgan fingerprint density at radius 3 is 2.89 bits per heavy atom. The number of anilines is 1. The molecule has 8 nitrogen and oxygen atoms in total. The van der Waals surface area contributed by atoms with Gasteiger partial charge in [0.15, 0.2) is 0 Å². The number of nitriles is 2. The van der Waals surface area contributed by atoms with E-state index in [9.17, 15) is 14.4 Å². The summed E-state index contributed by atoms with van der Waals surface area (Å²) >= 11 is 0. The van der Waals surface area contributed by atoms with Crippen molar-refractivity contribution in [2.45, 2.75) is 31.1 Å². The van der Waals surface area contributed by atoms with Gasteiger partial charge >= 0.3 is 0 Å². The van der Waals surface area contributed by atoms with Crippen molar-refractivity contribution >= 4 is 11.6 Å². The van der Waals surface area contributed by atoms with Crippen molar-refractivity contribution in [1.29, 1.82) is 10.5 Å². The molecule has 3 N–H and O–H groups in total. The number of amides is 1. The highest BCUT2D eigenvalue weighted by molar-refractivity contribution is 5.82. The minimum atomic E-state index is -0.614. The van der Waals surface area contributed by atoms with Gasteiger partial charge < -0.3 is 15.4 Å². The van der Waals surface area contributed by atoms with E-state index < -0.39 is 17.9 Å². The van der Waals surface area contributed by atoms with Crippen LogP contribution >= 0.6 is 0 Å². The van der Waals surface area contributed by atoms with Crippen LogP contribution in [0.1, 0.15) is 18.4 Å². The molecule has 0 aromatic heterocycles. The molecule has 3 unspecified atom stereocenters. The molecule has 146 valence electrons. The van der Waals surface area contributed by atoms with Gasteiger partial charge in [-0.2, -0.15) is 10.5 Å². The fourth-order valence-corrected chi connectivity index (χ4v) is 4.32. The zero-order valence-electron chi connectivity index (χ0n) is 15.2. The molecule has 1 aromatic carbocycles. The number of hydrogen-bond donors (Lipinski definition) is 3. The molecule has 1 amide bonds. The highest BCUT2D eigenvalue weighted by atomic mass is 19.1. The van der Waals surface area contributed by atoms with Crippen LogP contribution < -0.4 is 16.1 Å². The molecule has 0 aliphatic carbocycles. The molecule has 3 fully saturated rings. The second-order valence-electron chi connectivity index (χ2n) is 7.30. The lowest BCUT2D eigenvalue weighted by Crippen LogP contribution is -2.56. The van der Waals surface area contributed by atoms with Gasteiger partial charge in [-0.25, -0.2) is 14.8 Å². The monoisotopic (exact) mass is 384 g/mol. The van der Waals surface area contributed by atoms with Gasteiger partial charge in [-0.15, -0.1) is 0 Å². The van der Waals surface area contributed by atoms with Crippen molar-refractivity contribution in [2.75, 3.05) is 25.1 Å². The summed E-state index contributed by atoms with van der Waals surface area (Å²) in [6.07, 6.45) is 0.943. The highest BCUT2D eigenvalue weighted by Crippen LogP contribution is 2.33. The van der Waals surface area contributed by atoms with Crippen molar-refractivity contribution in [3.05, 3.63) is 29.6 Å². The lowest BCUT2D eigenvalue weighted by atomic mass is 9.88. The number of ether oxygens (including phenoxy) is 1. The van der Waals surface area contributed by atoms with Crippen LogP contribution in [0, 0.1) is 40.3 Å². The van der Waals surface area contributed by atoms with E-state index in [1.54, 1.807) is 12.1 Å². The second-order valence-corrected chi connectivity index (χ2v) is 7.30. The number of piperidine rings is 1. The minimum absolute atomic E-state index is 0.0314. The van der Waals surface area contributed by atoms with Crippen molar-refractivity contribution in [3.63, 3.8) is 0 Å². The van der Waals surface area contributed by atoms with Crippen molar-refractivity contribution in [3.8, 4) is 12.1 Å². The number of fused-ring (bicyclic) bond motifs is 1. The van der Waals surface area contributed by atoms with Gasteiger partial charge in [0.1, 0.15) is 18.1 Å². The summed E-state index contributed by atoms with van der Waals surface area (Å²) in [4.78, 5) is 12.6. The molecule has 0 spiro atoms. The van der Waals surface area contributed by atoms with Crippen molar-refractivity contribution in [2.24, 2.45) is 11.8 Å². The van der Waals surface area contributed by atoms with E-state index in [-0.39, 0.29) is 29.5 Å². The summed E-state index contributed by atoms with van der Waals surface area (Å²) in [6, 6.07) is 8.19. The van der Waals surface area contributed by atoms with Gasteiger partial charge in [-0.1, -0.05) is 0 Å². The zero-order valence-corrected chi connectivity index (χ0v) is 15.2. The molecule has 0 saturated carbocycles. The van der Waals surface area contributed by atoms with Crippen LogP contribution in [0.15, 0.2) is 18.2 Å². The molecule has 3 heterocycles. The van der Waals surface area contributed by atoms with Crippen LogP contribution in [0.4, 0.5) is 10.1 Å². The first-order chi connectivity index (χ1) is 13.6. The molecule has 0 radical (unpaired) electrons. The quantitative estimate of drug-likeness (QED) is 0.703. The van der Waals surface area contributed by atoms with Crippen LogP contribution in [-0.2, 0) is 9.53 Å². The summed E-state index contributed by atoms with van der Waals surface area (Å²) in [5.74, 6) is -1.27. The van der Waals surface area contributed by atoms with E-state index in [2.05, 4.69) is 22.1 Å². The Morgan fingerprint density at radius 1 is 1.29 bits per heavy atom. The number of carbonyl (C=O) groups excluding carboxylic acids is 1. The predicted octanol–water partition coefficient (Wildman–Crippen LogP) is 0.689. The number of rotatable bonds is 3. The smallest absolute Gasteiger partial charge is 0.228 e. The average Bonchev–Trinajstić information content (AvgIpc) is 3.07. The number of nitrogens with zero attached hydrogens (tertiary/aromatic N) is 3. The predicted molar refractivity (Wildman–Crippen MR) is 96.7 cm³/mol. The fourth-order valence-electron chi connectivity index (χ4n) is 4.32. The maximum Gasteiger partial charge on any atom is 0.228 e. The zero-order chi connectivity index (χ0) is 19.7. The highest BCUT2D eigenvalue weighted by Gasteiger charge is 2.51. The molecule has 5 atom stereocenters. The summed E-state index contributed by atoms with van der Waals surface area (Å²) in [7, 11) is 0. The molecule has 9 heteroatoms. The van der Waals surface area contributed by atoms with Gasteiger partial charge in [-0.05, 0) is 31.0 Å². The van der Waals surface area contributed by atoms with E-state index in [1.165, 1.54) is 12.1 Å². The normalized spacial score (nSPS) is 32.7. The molecular weight excluding hydrogens is 363 g/mol. The number of nitrogens with one attached hydrogen (secondary N) is 3. The van der Waals surface area contributed by atoms with E-state index >= 15 is 0 Å². The number of hydrazine groups is 1. The molecule has 3 saturated heterocycles. The molecule has 28 heavy (non-hydrogen) atoms. The Morgan fingerprint density at radius 2 is 2.14 bits per heavy atom. The van der Waals surface area contributed by atoms with Crippen molar-refractivity contribution < 1.29 is 13.9 Å². The lowest BCUT2D eigenvalue weighted by molar-refractivity contribution is -0.128. The molecule has 1 aromatic rings. The maximum atomic E-state index is 14.0. The minimum Gasteiger partial charge on any atom is -0.380 e. The first-order valence-electron chi connectivity index (χ1n) is 9.38. The SMILES string of the molecule is N#Cc1ccc(NC2NN([C@H]3COCC[C@@H]3C#N)C3CCNC(=O)C23)cc1F. The fraction of sp³-hybridized carbons (Fsp3) is 0.526. The molecule has 0 bridgehead atoms. The van der Waals surface area contributed by atoms with Crippen LogP contribution in [-0.4, -0.2) is 48.9 Å². The summed E-state index contributed by atoms with van der Waals surface area (Å²) in [6.45, 7) is 1.55. The Kier molecular flexibility index (Phi) is 5.14. The van der Waals surface area contributed by atoms with Crippen LogP contribution in [0.3, 0.4) is 0 Å². The summed E-state index contributed by atoms with van der Waals surface area (Å²) < 4.78 is 19.6. The first kappa shape index (κ1) is 18.6. The van der Waals surface area contributed by atoms with E-state index in [1.807, 2.05) is 5.01 Å². The Balaban J connectivity index is 1.59.